The van der Waals surface area contributed by atoms with E-state index in [1.807, 2.05) is 41.6 Å². The number of benzene rings is 1. The summed E-state index contributed by atoms with van der Waals surface area (Å²) in [6.07, 6.45) is -11.9. The highest BCUT2D eigenvalue weighted by atomic mass is 127. The van der Waals surface area contributed by atoms with Gasteiger partial charge < -0.3 is 9.47 Å². The first-order chi connectivity index (χ1) is 10.5. The summed E-state index contributed by atoms with van der Waals surface area (Å²) in [7, 11) is 0. The topological polar surface area (TPSA) is 18.5 Å². The highest BCUT2D eigenvalue weighted by Gasteiger charge is 2.62. The predicted octanol–water partition coefficient (Wildman–Crippen LogP) is 5.05. The van der Waals surface area contributed by atoms with Crippen molar-refractivity contribution in [3.8, 4) is 0 Å². The lowest BCUT2D eigenvalue weighted by Crippen LogP contribution is -2.57. The monoisotopic (exact) mass is 450 g/mol. The molecule has 8 heteroatoms. The minimum Gasteiger partial charge on any atom is -0.368 e. The van der Waals surface area contributed by atoms with Crippen LogP contribution in [0.15, 0.2) is 24.3 Å². The Kier molecular flexibility index (Phi) is 5.28. The number of halogens is 6. The van der Waals surface area contributed by atoms with Gasteiger partial charge in [0, 0.05) is 9.84 Å². The highest BCUT2D eigenvalue weighted by Crippen LogP contribution is 2.53. The number of alkyl halides is 6. The van der Waals surface area contributed by atoms with Crippen molar-refractivity contribution in [2.75, 3.05) is 11.0 Å². The Morgan fingerprint density at radius 3 is 2.22 bits per heavy atom. The molecular weight excluding hydrogens is 434 g/mol. The Morgan fingerprint density at radius 1 is 1.17 bits per heavy atom. The van der Waals surface area contributed by atoms with E-state index in [0.29, 0.717) is 4.43 Å². The quantitative estimate of drug-likeness (QED) is 0.355. The van der Waals surface area contributed by atoms with Gasteiger partial charge in [-0.1, -0.05) is 59.3 Å². The second-order valence-electron chi connectivity index (χ2n) is 5.88. The number of aryl methyl sites for hydroxylation is 1. The van der Waals surface area contributed by atoms with Crippen LogP contribution in [0.25, 0.3) is 0 Å². The molecule has 23 heavy (non-hydrogen) atoms. The maximum absolute atomic E-state index is 13.0. The van der Waals surface area contributed by atoms with Crippen LogP contribution in [0.2, 0.25) is 0 Å². The van der Waals surface area contributed by atoms with Gasteiger partial charge in [0.25, 0.3) is 0 Å². The lowest BCUT2D eigenvalue weighted by molar-refractivity contribution is -0.406. The van der Waals surface area contributed by atoms with E-state index in [4.69, 9.17) is 4.74 Å². The second-order valence-corrected chi connectivity index (χ2v) is 6.76. The van der Waals surface area contributed by atoms with Crippen LogP contribution in [0.5, 0.6) is 0 Å². The third kappa shape index (κ3) is 3.63. The van der Waals surface area contributed by atoms with Gasteiger partial charge in [-0.2, -0.15) is 22.0 Å². The van der Waals surface area contributed by atoms with Gasteiger partial charge in [0.15, 0.2) is 0 Å². The molecule has 1 heterocycles. The lowest BCUT2D eigenvalue weighted by Gasteiger charge is -2.53. The summed E-state index contributed by atoms with van der Waals surface area (Å²) in [4.78, 5) is 0. The van der Waals surface area contributed by atoms with Crippen molar-refractivity contribution < 1.29 is 31.4 Å². The molecule has 2 nitrogen and oxygen atoms in total. The fraction of sp³-hybridized carbons (Fsp3) is 0.600. The average Bonchev–Trinajstić information content (AvgIpc) is 2.45. The summed E-state index contributed by atoms with van der Waals surface area (Å²) in [6.45, 7) is 2.76. The Balaban J connectivity index is 2.16. The van der Waals surface area contributed by atoms with Gasteiger partial charge in [-0.05, 0) is 12.5 Å². The van der Waals surface area contributed by atoms with E-state index in [9.17, 15) is 22.0 Å². The summed E-state index contributed by atoms with van der Waals surface area (Å²) < 4.78 is 73.0. The van der Waals surface area contributed by atoms with Crippen LogP contribution in [-0.4, -0.2) is 29.4 Å². The number of hydrogen-bond acceptors (Lipinski definition) is 2. The van der Waals surface area contributed by atoms with E-state index in [1.54, 1.807) is 19.1 Å². The SMILES string of the molecule is Cc1ccc(C2O[C@H](CI)C2(C)COC(F)(F)C(F)(F)F)cc1. The molecule has 0 bridgehead atoms. The van der Waals surface area contributed by atoms with Crippen LogP contribution in [0.1, 0.15) is 24.2 Å². The number of rotatable bonds is 5. The van der Waals surface area contributed by atoms with Crippen LogP contribution in [0, 0.1) is 12.3 Å². The minimum atomic E-state index is -5.73. The van der Waals surface area contributed by atoms with E-state index in [0.717, 1.165) is 11.1 Å². The number of hydrogen-bond donors (Lipinski definition) is 0. The fourth-order valence-corrected chi connectivity index (χ4v) is 3.70. The summed E-state index contributed by atoms with van der Waals surface area (Å²) in [5.74, 6) is 0. The van der Waals surface area contributed by atoms with Gasteiger partial charge in [0.1, 0.15) is 0 Å². The Hall–Kier alpha value is -0.480. The molecule has 0 radical (unpaired) electrons. The summed E-state index contributed by atoms with van der Waals surface area (Å²) in [6, 6.07) is 7.23. The zero-order chi connectivity index (χ0) is 17.5. The molecule has 0 aliphatic carbocycles. The van der Waals surface area contributed by atoms with Gasteiger partial charge in [-0.25, -0.2) is 0 Å². The predicted molar refractivity (Wildman–Crippen MR) is 82.7 cm³/mol. The van der Waals surface area contributed by atoms with Crippen molar-refractivity contribution in [1.82, 2.24) is 0 Å². The van der Waals surface area contributed by atoms with Gasteiger partial charge in [-0.3, -0.25) is 0 Å². The molecule has 0 saturated carbocycles. The standard InChI is InChI=1S/C15H16F5IO2/c1-9-3-5-10(6-4-9)12-13(2,11(7-21)23-12)8-22-15(19,20)14(16,17)18/h3-6,11-12H,7-8H2,1-2H3/t11-,12?,13?/m1/s1. The van der Waals surface area contributed by atoms with Crippen molar-refractivity contribution in [1.29, 1.82) is 0 Å². The molecule has 2 rings (SSSR count). The van der Waals surface area contributed by atoms with E-state index >= 15 is 0 Å². The van der Waals surface area contributed by atoms with E-state index < -0.39 is 36.5 Å². The average molecular weight is 450 g/mol. The molecule has 0 N–H and O–H groups in total. The van der Waals surface area contributed by atoms with Crippen molar-refractivity contribution in [3.63, 3.8) is 0 Å². The molecule has 1 aliphatic rings. The normalized spacial score (nSPS) is 28.5. The molecule has 1 aliphatic heterocycles. The Labute approximate surface area is 144 Å². The van der Waals surface area contributed by atoms with Crippen LogP contribution in [0.3, 0.4) is 0 Å². The van der Waals surface area contributed by atoms with Crippen molar-refractivity contribution >= 4 is 22.6 Å². The number of ether oxygens (including phenoxy) is 2. The summed E-state index contributed by atoms with van der Waals surface area (Å²) >= 11 is 2.01. The van der Waals surface area contributed by atoms with E-state index in [-0.39, 0.29) is 0 Å². The van der Waals surface area contributed by atoms with Gasteiger partial charge in [0.2, 0.25) is 0 Å². The van der Waals surface area contributed by atoms with Crippen molar-refractivity contribution in [3.05, 3.63) is 35.4 Å². The van der Waals surface area contributed by atoms with Crippen LogP contribution in [0.4, 0.5) is 22.0 Å². The third-order valence-corrected chi connectivity index (χ3v) is 4.85. The lowest BCUT2D eigenvalue weighted by atomic mass is 9.72. The molecule has 3 atom stereocenters. The maximum Gasteiger partial charge on any atom is 0.482 e. The van der Waals surface area contributed by atoms with Crippen molar-refractivity contribution in [2.45, 2.75) is 38.3 Å². The highest BCUT2D eigenvalue weighted by molar-refractivity contribution is 14.1. The van der Waals surface area contributed by atoms with E-state index in [1.165, 1.54) is 0 Å². The second kappa shape index (κ2) is 6.44. The first-order valence-electron chi connectivity index (χ1n) is 6.88. The summed E-state index contributed by atoms with van der Waals surface area (Å²) in [5.41, 5.74) is 0.795. The largest absolute Gasteiger partial charge is 0.482 e. The van der Waals surface area contributed by atoms with Gasteiger partial charge >= 0.3 is 12.3 Å². The molecule has 0 spiro atoms. The van der Waals surface area contributed by atoms with E-state index in [2.05, 4.69) is 4.74 Å². The van der Waals surface area contributed by atoms with Crippen LogP contribution >= 0.6 is 22.6 Å². The van der Waals surface area contributed by atoms with Gasteiger partial charge in [0.05, 0.1) is 18.8 Å². The van der Waals surface area contributed by atoms with Crippen LogP contribution in [-0.2, 0) is 9.47 Å². The minimum absolute atomic E-state index is 0.446. The zero-order valence-corrected chi connectivity index (χ0v) is 14.6. The van der Waals surface area contributed by atoms with Crippen molar-refractivity contribution in [2.24, 2.45) is 5.41 Å². The molecule has 1 saturated heterocycles. The maximum atomic E-state index is 13.0. The Morgan fingerprint density at radius 2 is 1.74 bits per heavy atom. The molecule has 2 unspecified atom stereocenters. The zero-order valence-electron chi connectivity index (χ0n) is 12.5. The molecule has 0 aromatic heterocycles. The summed E-state index contributed by atoms with van der Waals surface area (Å²) in [5, 5.41) is 0. The molecule has 1 aromatic carbocycles. The van der Waals surface area contributed by atoms with Gasteiger partial charge in [-0.15, -0.1) is 0 Å². The fourth-order valence-electron chi connectivity index (χ4n) is 2.48. The first-order valence-corrected chi connectivity index (χ1v) is 8.40. The molecule has 0 amide bonds. The smallest absolute Gasteiger partial charge is 0.368 e. The third-order valence-electron chi connectivity index (χ3n) is 4.05. The Bertz CT molecular complexity index is 546. The van der Waals surface area contributed by atoms with Crippen LogP contribution < -0.4 is 0 Å². The molecule has 1 fully saturated rings. The first kappa shape index (κ1) is 18.9. The molecular formula is C15H16F5IO2. The molecule has 130 valence electrons. The molecule has 1 aromatic rings.